The maximum Gasteiger partial charge on any atom is 0.410 e. The Kier molecular flexibility index (Phi) is 22.9. The van der Waals surface area contributed by atoms with Gasteiger partial charge in [0.15, 0.2) is 0 Å². The Hall–Kier alpha value is -3.90. The lowest BCUT2D eigenvalue weighted by atomic mass is 9.84. The Labute approximate surface area is 385 Å². The van der Waals surface area contributed by atoms with E-state index >= 15 is 0 Å². The number of likely N-dealkylation sites (N-methyl/N-ethyl adjacent to an activating group) is 4. The van der Waals surface area contributed by atoms with Gasteiger partial charge in [0.1, 0.15) is 24.0 Å². The van der Waals surface area contributed by atoms with Crippen LogP contribution >= 0.6 is 46.4 Å². The van der Waals surface area contributed by atoms with Crippen molar-refractivity contribution in [3.8, 4) is 0 Å². The number of hydrogen-bond acceptors (Lipinski definition) is 7. The number of carboxylic acids is 1. The molecular weight excluding hydrogens is 928 g/mol. The van der Waals surface area contributed by atoms with Crippen molar-refractivity contribution in [1.29, 1.82) is 0 Å². The van der Waals surface area contributed by atoms with E-state index in [4.69, 9.17) is 61.0 Å². The van der Waals surface area contributed by atoms with Crippen LogP contribution in [0.2, 0.25) is 20.1 Å². The highest BCUT2D eigenvalue weighted by Crippen LogP contribution is 2.39. The molecule has 63 heavy (non-hydrogen) atoms. The molecule has 21 heteroatoms. The van der Waals surface area contributed by atoms with E-state index in [2.05, 4.69) is 18.5 Å². The van der Waals surface area contributed by atoms with Crippen LogP contribution in [0.3, 0.4) is 0 Å². The quantitative estimate of drug-likeness (QED) is 0.141. The number of nitrogens with zero attached hydrogens (tertiary/aromatic N) is 3. The molecule has 2 atom stereocenters. The summed E-state index contributed by atoms with van der Waals surface area (Å²) in [6.07, 6.45) is -9.84. The van der Waals surface area contributed by atoms with Crippen molar-refractivity contribution < 1.29 is 60.1 Å². The summed E-state index contributed by atoms with van der Waals surface area (Å²) in [4.78, 5) is 50.9. The van der Waals surface area contributed by atoms with Crippen LogP contribution in [0.25, 0.3) is 0 Å². The predicted molar refractivity (Wildman–Crippen MR) is 234 cm³/mol. The van der Waals surface area contributed by atoms with Gasteiger partial charge in [0, 0.05) is 34.2 Å². The lowest BCUT2D eigenvalue weighted by molar-refractivity contribution is -0.166. The van der Waals surface area contributed by atoms with Gasteiger partial charge in [-0.05, 0) is 96.8 Å². The number of rotatable bonds is 14. The zero-order valence-electron chi connectivity index (χ0n) is 36.8. The molecule has 356 valence electrons. The van der Waals surface area contributed by atoms with Crippen LogP contribution < -0.4 is 5.32 Å². The molecule has 0 saturated heterocycles. The van der Waals surface area contributed by atoms with Gasteiger partial charge < -0.3 is 24.8 Å². The molecule has 0 heterocycles. The van der Waals surface area contributed by atoms with Gasteiger partial charge >= 0.3 is 30.5 Å². The maximum absolute atomic E-state index is 12.9. The van der Waals surface area contributed by atoms with Crippen LogP contribution in [-0.2, 0) is 30.1 Å². The molecule has 0 radical (unpaired) electrons. The number of ether oxygens (including phenoxy) is 2. The summed E-state index contributed by atoms with van der Waals surface area (Å²) in [6.45, 7) is 18.4. The van der Waals surface area contributed by atoms with Crippen molar-refractivity contribution in [2.45, 2.75) is 102 Å². The fourth-order valence-electron chi connectivity index (χ4n) is 5.76. The van der Waals surface area contributed by atoms with Crippen LogP contribution in [0.4, 0.5) is 35.9 Å². The van der Waals surface area contributed by atoms with Gasteiger partial charge in [-0.3, -0.25) is 19.4 Å². The number of alkyl halides is 6. The number of carboxylic acid groups (broad SMARTS) is 1. The number of benzene rings is 2. The average molecular weight is 985 g/mol. The van der Waals surface area contributed by atoms with Crippen LogP contribution in [-0.4, -0.2) is 109 Å². The first-order chi connectivity index (χ1) is 28.5. The molecule has 2 aromatic rings. The third-order valence-corrected chi connectivity index (χ3v) is 10.1. The first-order valence-electron chi connectivity index (χ1n) is 18.8. The number of amides is 3. The molecule has 0 saturated carbocycles. The number of halogens is 10. The molecule has 2 rings (SSSR count). The molecule has 0 aromatic heterocycles. The van der Waals surface area contributed by atoms with Crippen molar-refractivity contribution >= 4 is 70.5 Å². The van der Waals surface area contributed by atoms with Crippen LogP contribution in [0, 0.1) is 0 Å². The van der Waals surface area contributed by atoms with Gasteiger partial charge in [0.2, 0.25) is 5.91 Å². The summed E-state index contributed by atoms with van der Waals surface area (Å²) in [5.41, 5.74) is -2.08. The van der Waals surface area contributed by atoms with Crippen LogP contribution in [0.15, 0.2) is 61.7 Å². The summed E-state index contributed by atoms with van der Waals surface area (Å²) < 4.78 is 82.1. The van der Waals surface area contributed by atoms with E-state index in [0.717, 1.165) is 10.5 Å². The maximum atomic E-state index is 12.9. The minimum atomic E-state index is -4.66. The van der Waals surface area contributed by atoms with E-state index < -0.39 is 71.5 Å². The van der Waals surface area contributed by atoms with Gasteiger partial charge in [-0.15, -0.1) is 13.2 Å². The van der Waals surface area contributed by atoms with E-state index in [9.17, 15) is 45.5 Å². The zero-order chi connectivity index (χ0) is 49.5. The highest BCUT2D eigenvalue weighted by molar-refractivity contribution is 6.42. The highest BCUT2D eigenvalue weighted by Gasteiger charge is 2.44. The molecule has 0 aliphatic carbocycles. The summed E-state index contributed by atoms with van der Waals surface area (Å²) in [5, 5.41) is 12.0. The van der Waals surface area contributed by atoms with E-state index in [1.54, 1.807) is 57.0 Å². The van der Waals surface area contributed by atoms with Crippen molar-refractivity contribution in [1.82, 2.24) is 20.0 Å². The van der Waals surface area contributed by atoms with E-state index in [-0.39, 0.29) is 23.0 Å². The van der Waals surface area contributed by atoms with Gasteiger partial charge in [-0.1, -0.05) is 70.7 Å². The second-order valence-corrected chi connectivity index (χ2v) is 17.8. The lowest BCUT2D eigenvalue weighted by Crippen LogP contribution is -2.55. The van der Waals surface area contributed by atoms with Gasteiger partial charge in [-0.2, -0.15) is 26.3 Å². The molecule has 11 nitrogen and oxygen atoms in total. The van der Waals surface area contributed by atoms with E-state index in [0.29, 0.717) is 28.6 Å². The minimum absolute atomic E-state index is 0.102. The second-order valence-electron chi connectivity index (χ2n) is 16.1. The zero-order valence-corrected chi connectivity index (χ0v) is 39.8. The van der Waals surface area contributed by atoms with E-state index in [1.807, 2.05) is 33.9 Å². The molecule has 3 amide bonds. The van der Waals surface area contributed by atoms with Gasteiger partial charge in [0.05, 0.1) is 31.2 Å². The summed E-state index contributed by atoms with van der Waals surface area (Å²) >= 11 is 24.4. The Morgan fingerprint density at radius 1 is 0.667 bits per heavy atom. The Morgan fingerprint density at radius 2 is 1.03 bits per heavy atom. The van der Waals surface area contributed by atoms with Crippen molar-refractivity contribution in [2.24, 2.45) is 0 Å². The normalized spacial score (nSPS) is 13.6. The number of nitrogens with one attached hydrogen (secondary N) is 1. The lowest BCUT2D eigenvalue weighted by Gasteiger charge is -2.44. The Balaban J connectivity index is 0.00000106. The molecule has 2 aromatic carbocycles. The summed E-state index contributed by atoms with van der Waals surface area (Å²) in [6, 6.07) is 10.0. The predicted octanol–water partition coefficient (Wildman–Crippen LogP) is 11.9. The largest absolute Gasteiger partial charge is 0.481 e. The molecule has 0 spiro atoms. The third-order valence-electron chi connectivity index (χ3n) is 8.59. The van der Waals surface area contributed by atoms with Crippen LogP contribution in [0.5, 0.6) is 0 Å². The molecular formula is C42H56Cl4F6N4O7. The summed E-state index contributed by atoms with van der Waals surface area (Å²) in [5.74, 6) is -2.99. The van der Waals surface area contributed by atoms with Gasteiger partial charge in [0.25, 0.3) is 0 Å². The fourth-order valence-corrected chi connectivity index (χ4v) is 6.36. The average Bonchev–Trinajstić information content (AvgIpc) is 3.10. The first kappa shape index (κ1) is 59.1. The minimum Gasteiger partial charge on any atom is -0.481 e. The third kappa shape index (κ3) is 20.2. The van der Waals surface area contributed by atoms with Crippen molar-refractivity contribution in [3.05, 3.63) is 92.9 Å². The molecule has 2 unspecified atom stereocenters. The highest BCUT2D eigenvalue weighted by atomic mass is 35.5. The number of aliphatic carboxylic acids is 1. The molecule has 0 aliphatic heterocycles. The topological polar surface area (TPSA) is 129 Å². The van der Waals surface area contributed by atoms with Crippen LogP contribution in [0.1, 0.15) is 78.4 Å². The number of carbonyl (C=O) groups excluding carboxylic acids is 3. The van der Waals surface area contributed by atoms with Gasteiger partial charge in [-0.25, -0.2) is 9.59 Å². The monoisotopic (exact) mass is 982 g/mol. The first-order valence-corrected chi connectivity index (χ1v) is 20.3. The fraction of sp³-hybridized carbons (Fsp3) is 0.524. The Bertz CT molecular complexity index is 1890. The second kappa shape index (κ2) is 24.4. The van der Waals surface area contributed by atoms with Crippen molar-refractivity contribution in [3.63, 3.8) is 0 Å². The standard InChI is InChI=1S/C21H27Cl2F3N2O3.C18H26Cl2N2O2.C3H3F3O2/c1-7-10-20(14-8-9-15(22)16(23)11-14,28(6)18(30)31-19(2,3)4)13-27(5)17(29)12-21(24,25)26;1-7-10-18(12-21-5,13-8-9-14(19)15(20)11-13)22(6)16(23)24-17(2,3)4;4-3(5,6)1-2(7)8/h7-9,11H,1,10,12-13H2,2-6H3;7-9,11,21H,1,10,12H2,2-6H3;1H2,(H,7,8). The molecule has 2 N–H and O–H groups in total. The SMILES string of the molecule is C=CCC(CN(C)C(=O)CC(F)(F)F)(c1ccc(Cl)c(Cl)c1)N(C)C(=O)OC(C)(C)C.C=CCC(CNC)(c1ccc(Cl)c(Cl)c1)N(C)C(=O)OC(C)(C)C.O=C(O)CC(F)(F)F. The van der Waals surface area contributed by atoms with E-state index in [1.165, 1.54) is 37.2 Å². The molecule has 0 bridgehead atoms. The molecule has 0 aliphatic rings. The number of hydrogen-bond donors (Lipinski definition) is 2. The van der Waals surface area contributed by atoms with Crippen molar-refractivity contribution in [2.75, 3.05) is 41.3 Å². The summed E-state index contributed by atoms with van der Waals surface area (Å²) in [7, 11) is 6.24. The molecule has 0 fully saturated rings. The Morgan fingerprint density at radius 3 is 1.33 bits per heavy atom. The smallest absolute Gasteiger partial charge is 0.410 e. The number of carbonyl (C=O) groups is 4.